The summed E-state index contributed by atoms with van der Waals surface area (Å²) in [6.07, 6.45) is 5.14. The molecule has 1 N–H and O–H groups in total. The number of aliphatic imine (C=N–C) groups is 1. The van der Waals surface area contributed by atoms with Crippen molar-refractivity contribution in [3.05, 3.63) is 71.6 Å². The van der Waals surface area contributed by atoms with Gasteiger partial charge in [0.25, 0.3) is 0 Å². The van der Waals surface area contributed by atoms with E-state index < -0.39 is 5.97 Å². The minimum absolute atomic E-state index is 0.233. The highest BCUT2D eigenvalue weighted by Crippen LogP contribution is 2.26. The second-order valence-electron chi connectivity index (χ2n) is 6.68. The third-order valence-electron chi connectivity index (χ3n) is 4.14. The van der Waals surface area contributed by atoms with Crippen molar-refractivity contribution in [3.8, 4) is 5.75 Å². The van der Waals surface area contributed by atoms with Gasteiger partial charge >= 0.3 is 5.97 Å². The van der Waals surface area contributed by atoms with E-state index in [1.807, 2.05) is 68.8 Å². The molecule has 0 aliphatic heterocycles. The number of hydrogen-bond donors (Lipinski definition) is 1. The summed E-state index contributed by atoms with van der Waals surface area (Å²) in [5.74, 6) is 0.293. The van der Waals surface area contributed by atoms with Gasteiger partial charge in [-0.15, -0.1) is 0 Å². The smallest absolute Gasteiger partial charge is 0.356 e. The summed E-state index contributed by atoms with van der Waals surface area (Å²) in [6.45, 7) is 2.55. The molecule has 0 radical (unpaired) electrons. The second-order valence-corrected chi connectivity index (χ2v) is 6.68. The van der Waals surface area contributed by atoms with Crippen LogP contribution in [0.15, 0.2) is 65.4 Å². The summed E-state index contributed by atoms with van der Waals surface area (Å²) in [5.41, 5.74) is 3.12. The van der Waals surface area contributed by atoms with Crippen molar-refractivity contribution >= 4 is 29.3 Å². The van der Waals surface area contributed by atoms with E-state index in [1.165, 1.54) is 0 Å². The van der Waals surface area contributed by atoms with E-state index >= 15 is 0 Å². The largest absolute Gasteiger partial charge is 0.489 e. The first kappa shape index (κ1) is 20.2. The lowest BCUT2D eigenvalue weighted by Gasteiger charge is -2.07. The molecule has 0 amide bonds. The summed E-state index contributed by atoms with van der Waals surface area (Å²) in [5, 5.41) is 0.942. The van der Waals surface area contributed by atoms with E-state index in [-0.39, 0.29) is 5.70 Å². The standard InChI is InChI=1S/C23H25N3O3/c1-4-28-23(27)22(25-16-26(2)3)12-18-14-24-21-11-10-19(13-20(18)21)29-15-17-8-6-5-7-9-17/h5-14,16,24H,4,15H2,1-3H3. The lowest BCUT2D eigenvalue weighted by molar-refractivity contribution is -0.138. The van der Waals surface area contributed by atoms with Gasteiger partial charge in [-0.1, -0.05) is 30.3 Å². The zero-order valence-electron chi connectivity index (χ0n) is 16.9. The van der Waals surface area contributed by atoms with Crippen molar-refractivity contribution < 1.29 is 14.3 Å². The Morgan fingerprint density at radius 3 is 2.69 bits per heavy atom. The van der Waals surface area contributed by atoms with Gasteiger partial charge in [-0.2, -0.15) is 0 Å². The average Bonchev–Trinajstić information content (AvgIpc) is 3.12. The van der Waals surface area contributed by atoms with E-state index in [0.29, 0.717) is 13.2 Å². The quantitative estimate of drug-likeness (QED) is 0.270. The third-order valence-corrected chi connectivity index (χ3v) is 4.14. The Morgan fingerprint density at radius 1 is 1.17 bits per heavy atom. The zero-order valence-corrected chi connectivity index (χ0v) is 16.9. The lowest BCUT2D eigenvalue weighted by Crippen LogP contribution is -2.11. The Labute approximate surface area is 170 Å². The van der Waals surface area contributed by atoms with Crippen molar-refractivity contribution in [2.45, 2.75) is 13.5 Å². The molecule has 0 saturated carbocycles. The SMILES string of the molecule is CCOC(=O)C(=Cc1c[nH]c2ccc(OCc3ccccc3)cc12)N=CN(C)C. The number of nitrogens with one attached hydrogen (secondary N) is 1. The number of rotatable bonds is 8. The molecule has 0 unspecified atom stereocenters. The predicted octanol–water partition coefficient (Wildman–Crippen LogP) is 4.24. The molecule has 150 valence electrons. The average molecular weight is 391 g/mol. The van der Waals surface area contributed by atoms with E-state index in [0.717, 1.165) is 27.8 Å². The Kier molecular flexibility index (Phi) is 6.68. The maximum Gasteiger partial charge on any atom is 0.356 e. The fourth-order valence-electron chi connectivity index (χ4n) is 2.75. The topological polar surface area (TPSA) is 66.9 Å². The maximum atomic E-state index is 12.3. The summed E-state index contributed by atoms with van der Waals surface area (Å²) in [7, 11) is 3.68. The minimum atomic E-state index is -0.462. The molecule has 3 rings (SSSR count). The zero-order chi connectivity index (χ0) is 20.6. The number of hydrogen-bond acceptors (Lipinski definition) is 4. The van der Waals surface area contributed by atoms with Crippen molar-refractivity contribution in [2.24, 2.45) is 4.99 Å². The van der Waals surface area contributed by atoms with Crippen LogP contribution in [0.2, 0.25) is 0 Å². The van der Waals surface area contributed by atoms with Crippen LogP contribution < -0.4 is 4.74 Å². The molecular formula is C23H25N3O3. The third kappa shape index (κ3) is 5.48. The number of H-pyrrole nitrogens is 1. The summed E-state index contributed by atoms with van der Waals surface area (Å²) in [6, 6.07) is 15.8. The fraction of sp³-hybridized carbons (Fsp3) is 0.217. The Balaban J connectivity index is 1.89. The van der Waals surface area contributed by atoms with Gasteiger partial charge in [0, 0.05) is 36.8 Å². The highest BCUT2D eigenvalue weighted by atomic mass is 16.5. The van der Waals surface area contributed by atoms with Crippen LogP contribution in [0.5, 0.6) is 5.75 Å². The van der Waals surface area contributed by atoms with Gasteiger partial charge in [0.1, 0.15) is 12.4 Å². The lowest BCUT2D eigenvalue weighted by atomic mass is 10.1. The van der Waals surface area contributed by atoms with Crippen LogP contribution in [-0.2, 0) is 16.1 Å². The summed E-state index contributed by atoms with van der Waals surface area (Å²) < 4.78 is 11.1. The second kappa shape index (κ2) is 9.59. The van der Waals surface area contributed by atoms with Crippen molar-refractivity contribution in [3.63, 3.8) is 0 Å². The van der Waals surface area contributed by atoms with Gasteiger partial charge in [-0.25, -0.2) is 9.79 Å². The van der Waals surface area contributed by atoms with Crippen LogP contribution in [-0.4, -0.2) is 42.9 Å². The normalized spacial score (nSPS) is 11.8. The molecule has 0 atom stereocenters. The van der Waals surface area contributed by atoms with Crippen molar-refractivity contribution in [1.29, 1.82) is 0 Å². The van der Waals surface area contributed by atoms with E-state index in [4.69, 9.17) is 9.47 Å². The Bertz CT molecular complexity index is 1020. The molecule has 1 heterocycles. The van der Waals surface area contributed by atoms with Crippen LogP contribution in [0.1, 0.15) is 18.1 Å². The number of nitrogens with zero attached hydrogens (tertiary/aromatic N) is 2. The summed E-state index contributed by atoms with van der Waals surface area (Å²) >= 11 is 0. The molecule has 0 aliphatic carbocycles. The van der Waals surface area contributed by atoms with Crippen LogP contribution in [0.4, 0.5) is 0 Å². The first-order valence-electron chi connectivity index (χ1n) is 9.44. The highest BCUT2D eigenvalue weighted by molar-refractivity contribution is 5.99. The molecule has 0 bridgehead atoms. The van der Waals surface area contributed by atoms with Crippen molar-refractivity contribution in [2.75, 3.05) is 20.7 Å². The first-order valence-corrected chi connectivity index (χ1v) is 9.44. The number of aromatic nitrogens is 1. The molecule has 6 heteroatoms. The van der Waals surface area contributed by atoms with E-state index in [9.17, 15) is 4.79 Å². The van der Waals surface area contributed by atoms with Crippen LogP contribution >= 0.6 is 0 Å². The maximum absolute atomic E-state index is 12.3. The molecular weight excluding hydrogens is 366 g/mol. The van der Waals surface area contributed by atoms with Gasteiger partial charge in [0.2, 0.25) is 0 Å². The van der Waals surface area contributed by atoms with Gasteiger partial charge in [-0.3, -0.25) is 0 Å². The van der Waals surface area contributed by atoms with Gasteiger partial charge in [0.15, 0.2) is 5.70 Å². The van der Waals surface area contributed by atoms with Crippen LogP contribution in [0.3, 0.4) is 0 Å². The monoisotopic (exact) mass is 391 g/mol. The Hall–Kier alpha value is -3.54. The molecule has 6 nitrogen and oxygen atoms in total. The van der Waals surface area contributed by atoms with Crippen LogP contribution in [0, 0.1) is 0 Å². The molecule has 3 aromatic rings. The number of carbonyl (C=O) groups is 1. The van der Waals surface area contributed by atoms with E-state index in [2.05, 4.69) is 9.98 Å². The number of esters is 1. The molecule has 0 spiro atoms. The molecule has 29 heavy (non-hydrogen) atoms. The predicted molar refractivity (Wildman–Crippen MR) is 116 cm³/mol. The molecule has 0 fully saturated rings. The Morgan fingerprint density at radius 2 is 1.97 bits per heavy atom. The number of benzene rings is 2. The van der Waals surface area contributed by atoms with Crippen LogP contribution in [0.25, 0.3) is 17.0 Å². The van der Waals surface area contributed by atoms with Gasteiger partial charge in [0.05, 0.1) is 12.9 Å². The number of fused-ring (bicyclic) bond motifs is 1. The number of aromatic amines is 1. The van der Waals surface area contributed by atoms with E-state index in [1.54, 1.807) is 24.2 Å². The highest BCUT2D eigenvalue weighted by Gasteiger charge is 2.12. The molecule has 0 aliphatic rings. The molecule has 2 aromatic carbocycles. The number of carbonyl (C=O) groups excluding carboxylic acids is 1. The number of ether oxygens (including phenoxy) is 2. The molecule has 0 saturated heterocycles. The minimum Gasteiger partial charge on any atom is -0.489 e. The van der Waals surface area contributed by atoms with Gasteiger partial charge < -0.3 is 19.4 Å². The van der Waals surface area contributed by atoms with Crippen molar-refractivity contribution in [1.82, 2.24) is 9.88 Å². The first-order chi connectivity index (χ1) is 14.1. The summed E-state index contributed by atoms with van der Waals surface area (Å²) in [4.78, 5) is 21.5. The van der Waals surface area contributed by atoms with Gasteiger partial charge in [-0.05, 0) is 36.8 Å². The fourth-order valence-corrected chi connectivity index (χ4v) is 2.75. The molecule has 1 aromatic heterocycles.